The van der Waals surface area contributed by atoms with Crippen molar-refractivity contribution in [3.8, 4) is 0 Å². The van der Waals surface area contributed by atoms with Gasteiger partial charge in [0.1, 0.15) is 30.0 Å². The number of methoxy groups -OCH3 is 4. The van der Waals surface area contributed by atoms with Crippen LogP contribution in [0.25, 0.3) is 0 Å². The number of hydrogen-bond acceptors (Lipinski definition) is 13. The molecule has 7 bridgehead atoms. The number of nitrogens with zero attached hydrogens (tertiary/aromatic N) is 1. The lowest BCUT2D eigenvalue weighted by Crippen LogP contribution is -2.81. The zero-order valence-corrected chi connectivity index (χ0v) is 29.2. The Balaban J connectivity index is 1.53. The summed E-state index contributed by atoms with van der Waals surface area (Å²) in [6.45, 7) is 5.99. The third-order valence-electron chi connectivity index (χ3n) is 13.4. The molecule has 6 aliphatic rings. The lowest BCUT2D eigenvalue weighted by Gasteiger charge is -2.70. The van der Waals surface area contributed by atoms with Crippen LogP contribution >= 0.6 is 0 Å². The molecule has 13 nitrogen and oxygen atoms in total. The Hall–Kier alpha value is -2.65. The van der Waals surface area contributed by atoms with E-state index in [9.17, 15) is 24.6 Å². The summed E-state index contributed by atoms with van der Waals surface area (Å²) in [5, 5.41) is 25.5. The molecule has 6 unspecified atom stereocenters. The van der Waals surface area contributed by atoms with Crippen LogP contribution in [0, 0.1) is 34.5 Å². The second kappa shape index (κ2) is 12.0. The molecule has 1 saturated heterocycles. The minimum Gasteiger partial charge on any atom is -0.462 e. The van der Waals surface area contributed by atoms with Crippen molar-refractivity contribution in [1.29, 1.82) is 0 Å². The maximum absolute atomic E-state index is 13.8. The van der Waals surface area contributed by atoms with E-state index in [1.807, 2.05) is 6.92 Å². The van der Waals surface area contributed by atoms with E-state index < -0.39 is 100 Å². The number of carbonyl (C=O) groups is 3. The van der Waals surface area contributed by atoms with Crippen molar-refractivity contribution in [2.45, 2.75) is 87.5 Å². The van der Waals surface area contributed by atoms with Crippen LogP contribution < -0.4 is 0 Å². The summed E-state index contributed by atoms with van der Waals surface area (Å²) < 4.78 is 43.9. The van der Waals surface area contributed by atoms with E-state index in [2.05, 4.69) is 4.90 Å². The fraction of sp³-hybridized carbons (Fsp3) is 0.750. The van der Waals surface area contributed by atoms with Crippen LogP contribution in [0.5, 0.6) is 0 Å². The lowest BCUT2D eigenvalue weighted by atomic mass is 9.42. The Labute approximate surface area is 286 Å². The lowest BCUT2D eigenvalue weighted by molar-refractivity contribution is -0.322. The second-order valence-corrected chi connectivity index (χ2v) is 15.0. The molecule has 6 fully saturated rings. The van der Waals surface area contributed by atoms with Crippen LogP contribution in [-0.2, 0) is 42.7 Å². The highest BCUT2D eigenvalue weighted by Crippen LogP contribution is 2.80. The summed E-state index contributed by atoms with van der Waals surface area (Å²) >= 11 is 0. The van der Waals surface area contributed by atoms with Gasteiger partial charge in [-0.15, -0.1) is 0 Å². The smallest absolute Gasteiger partial charge is 0.338 e. The minimum atomic E-state index is -1.86. The molecule has 13 heteroatoms. The van der Waals surface area contributed by atoms with Gasteiger partial charge in [0.05, 0.1) is 24.4 Å². The number of rotatable bonds is 10. The van der Waals surface area contributed by atoms with Gasteiger partial charge in [-0.3, -0.25) is 14.5 Å². The van der Waals surface area contributed by atoms with Gasteiger partial charge in [-0.25, -0.2) is 4.79 Å². The standard InChI is InChI=1S/C36H49NO12/c1-8-37-16-33(17-43-4)22(47-18(2)38)14-23(44-5)35-21-15-34(42)30(48-32(41)20-12-10-9-11-13-20)24(21)36(49-19(3)39,29(40)31(34)46-7)25(28(35)37)26(45-6)27(33)35/h9-13,21-31,40,42H,8,14-17H2,1-7H3/t21?,22-,23+,24?,25+,26?,27?,28?,29+,30?,31+,33+,34-,35+,36-/m1/s1. The maximum Gasteiger partial charge on any atom is 0.338 e. The zero-order chi connectivity index (χ0) is 35.3. The molecule has 2 N–H and O–H groups in total. The fourth-order valence-corrected chi connectivity index (χ4v) is 12.7. The minimum absolute atomic E-state index is 0.0534. The van der Waals surface area contributed by atoms with Gasteiger partial charge >= 0.3 is 17.9 Å². The maximum atomic E-state index is 13.8. The molecule has 1 aromatic rings. The summed E-state index contributed by atoms with van der Waals surface area (Å²) in [7, 11) is 6.25. The normalized spacial score (nSPS) is 47.4. The van der Waals surface area contributed by atoms with Gasteiger partial charge < -0.3 is 43.4 Å². The molecule has 270 valence electrons. The first kappa shape index (κ1) is 34.8. The summed E-state index contributed by atoms with van der Waals surface area (Å²) in [6.07, 6.45) is -5.45. The van der Waals surface area contributed by atoms with E-state index in [1.54, 1.807) is 51.7 Å². The molecule has 1 aromatic carbocycles. The Morgan fingerprint density at radius 1 is 0.918 bits per heavy atom. The van der Waals surface area contributed by atoms with Crippen molar-refractivity contribution in [3.05, 3.63) is 35.9 Å². The number of ether oxygens (including phenoxy) is 7. The van der Waals surface area contributed by atoms with Crippen molar-refractivity contribution in [1.82, 2.24) is 4.90 Å². The molecule has 0 aromatic heterocycles. The Morgan fingerprint density at radius 2 is 1.63 bits per heavy atom. The van der Waals surface area contributed by atoms with Crippen LogP contribution in [-0.4, -0.2) is 135 Å². The summed E-state index contributed by atoms with van der Waals surface area (Å²) in [5.74, 6) is -4.24. The predicted octanol–water partition coefficient (Wildman–Crippen LogP) is 1.22. The molecule has 0 radical (unpaired) electrons. The van der Waals surface area contributed by atoms with Gasteiger partial charge in [-0.05, 0) is 31.0 Å². The van der Waals surface area contributed by atoms with Gasteiger partial charge in [0.2, 0.25) is 0 Å². The number of aliphatic hydroxyl groups excluding tert-OH is 1. The topological polar surface area (TPSA) is 160 Å². The Morgan fingerprint density at radius 3 is 2.20 bits per heavy atom. The SMILES string of the molecule is CCN1C[C@@]2(COC)C3C(OC)[C@H]4C1[C@@]3(C1C[C@@]3(O)C(OC(=O)c5ccccc5)C1[C@]4(OC(C)=O)[C@@H](O)[C@@H]3OC)[C@@H](OC)C[C@H]2OC(C)=O. The Bertz CT molecular complexity index is 1480. The molecule has 5 aliphatic carbocycles. The Kier molecular flexibility index (Phi) is 8.49. The molecule has 49 heavy (non-hydrogen) atoms. The van der Waals surface area contributed by atoms with Crippen LogP contribution in [0.4, 0.5) is 0 Å². The third kappa shape index (κ3) is 4.21. The van der Waals surface area contributed by atoms with E-state index >= 15 is 0 Å². The monoisotopic (exact) mass is 687 g/mol. The van der Waals surface area contributed by atoms with Crippen molar-refractivity contribution >= 4 is 17.9 Å². The van der Waals surface area contributed by atoms with Crippen molar-refractivity contribution in [2.24, 2.45) is 34.5 Å². The largest absolute Gasteiger partial charge is 0.462 e. The first-order valence-corrected chi connectivity index (χ1v) is 17.2. The number of benzene rings is 1. The number of piperidine rings is 1. The summed E-state index contributed by atoms with van der Waals surface area (Å²) in [5.41, 5.74) is -4.92. The van der Waals surface area contributed by atoms with E-state index in [0.717, 1.165) is 0 Å². The van der Waals surface area contributed by atoms with Gasteiger partial charge in [0.15, 0.2) is 5.60 Å². The van der Waals surface area contributed by atoms with Crippen LogP contribution in [0.15, 0.2) is 30.3 Å². The molecule has 15 atom stereocenters. The van der Waals surface area contributed by atoms with Gasteiger partial charge in [-0.1, -0.05) is 25.1 Å². The molecular formula is C36H49NO12. The van der Waals surface area contributed by atoms with E-state index in [0.29, 0.717) is 19.5 Å². The number of hydrogen-bond donors (Lipinski definition) is 2. The van der Waals surface area contributed by atoms with Crippen molar-refractivity contribution in [2.75, 3.05) is 48.1 Å². The van der Waals surface area contributed by atoms with E-state index in [4.69, 9.17) is 33.2 Å². The van der Waals surface area contributed by atoms with Crippen LogP contribution in [0.1, 0.15) is 44.0 Å². The second-order valence-electron chi connectivity index (χ2n) is 15.0. The highest BCUT2D eigenvalue weighted by Gasteiger charge is 2.92. The van der Waals surface area contributed by atoms with Crippen molar-refractivity contribution < 1.29 is 57.8 Å². The molecule has 0 amide bonds. The molecule has 7 rings (SSSR count). The highest BCUT2D eigenvalue weighted by molar-refractivity contribution is 5.89. The van der Waals surface area contributed by atoms with Crippen LogP contribution in [0.3, 0.4) is 0 Å². The molecule has 5 saturated carbocycles. The highest BCUT2D eigenvalue weighted by atomic mass is 16.6. The number of aliphatic hydroxyl groups is 2. The van der Waals surface area contributed by atoms with E-state index in [-0.39, 0.29) is 24.6 Å². The number of likely N-dealkylation sites (tertiary alicyclic amines) is 1. The van der Waals surface area contributed by atoms with Crippen LogP contribution in [0.2, 0.25) is 0 Å². The molecule has 1 spiro atoms. The fourth-order valence-electron chi connectivity index (χ4n) is 12.7. The molecule has 1 aliphatic heterocycles. The first-order valence-electron chi connectivity index (χ1n) is 17.2. The average molecular weight is 688 g/mol. The summed E-state index contributed by atoms with van der Waals surface area (Å²) in [4.78, 5) is 42.2. The quantitative estimate of drug-likeness (QED) is 0.267. The number of esters is 3. The predicted molar refractivity (Wildman–Crippen MR) is 170 cm³/mol. The van der Waals surface area contributed by atoms with Crippen molar-refractivity contribution in [3.63, 3.8) is 0 Å². The van der Waals surface area contributed by atoms with Gasteiger partial charge in [-0.2, -0.15) is 0 Å². The zero-order valence-electron chi connectivity index (χ0n) is 29.2. The number of carbonyl (C=O) groups excluding carboxylic acids is 3. The average Bonchev–Trinajstić information content (AvgIpc) is 3.44. The molecule has 1 heterocycles. The third-order valence-corrected chi connectivity index (χ3v) is 13.4. The van der Waals surface area contributed by atoms with E-state index in [1.165, 1.54) is 21.0 Å². The summed E-state index contributed by atoms with van der Waals surface area (Å²) in [6, 6.07) is 8.12. The van der Waals surface area contributed by atoms with Gasteiger partial charge in [0.25, 0.3) is 0 Å². The molecular weight excluding hydrogens is 638 g/mol. The van der Waals surface area contributed by atoms with Gasteiger partial charge in [0, 0.05) is 89.9 Å². The first-order chi connectivity index (χ1) is 23.4. The number of fused-ring (bicyclic) bond motifs is 2.